The molecule has 20 atom stereocenters. The van der Waals surface area contributed by atoms with Gasteiger partial charge in [-0.25, -0.2) is 0 Å². The van der Waals surface area contributed by atoms with Gasteiger partial charge in [-0.15, -0.1) is 0 Å². The van der Waals surface area contributed by atoms with Gasteiger partial charge < -0.3 is 33.2 Å². The van der Waals surface area contributed by atoms with Crippen molar-refractivity contribution < 1.29 is 33.2 Å². The third-order valence-electron chi connectivity index (χ3n) is 13.6. The van der Waals surface area contributed by atoms with Crippen LogP contribution in [0.3, 0.4) is 0 Å². The minimum absolute atomic E-state index is 0.0263. The topological polar surface area (TPSA) is 64.6 Å². The van der Waals surface area contributed by atoms with E-state index < -0.39 is 12.6 Å². The van der Waals surface area contributed by atoms with Crippen LogP contribution in [0, 0.1) is 0 Å². The van der Waals surface area contributed by atoms with Crippen molar-refractivity contribution in [1.29, 1.82) is 0 Å². The average Bonchev–Trinajstić information content (AvgIpc) is 3.03. The minimum Gasteiger partial charge on any atom is -0.374 e. The van der Waals surface area contributed by atoms with Crippen molar-refractivity contribution in [1.82, 2.24) is 0 Å². The Balaban J connectivity index is 1.56. The number of rotatable bonds is 10. The molecule has 0 saturated carbocycles. The second-order valence-corrected chi connectivity index (χ2v) is 15.9. The third kappa shape index (κ3) is 8.12. The molecule has 4 saturated heterocycles. The van der Waals surface area contributed by atoms with Gasteiger partial charge in [0.05, 0.1) is 24.9 Å². The summed E-state index contributed by atoms with van der Waals surface area (Å²) < 4.78 is 47.4. The molecule has 240 valence electrons. The molecule has 4 aliphatic heterocycles. The molecule has 4 fully saturated rings. The second kappa shape index (κ2) is 16.5. The smallest absolute Gasteiger partial charge is 0.184 e. The van der Waals surface area contributed by atoms with Crippen molar-refractivity contribution in [3.05, 3.63) is 0 Å². The van der Waals surface area contributed by atoms with Gasteiger partial charge in [-0.1, -0.05) is 31.2 Å². The Bertz CT molecular complexity index is 934. The van der Waals surface area contributed by atoms with E-state index >= 15 is 0 Å². The maximum Gasteiger partial charge on any atom is 0.184 e. The molecule has 0 aliphatic carbocycles. The van der Waals surface area contributed by atoms with Crippen LogP contribution in [0.2, 0.25) is 70.8 Å². The Hall–Kier alpha value is 0.499. The Morgan fingerprint density at radius 1 is 0.467 bits per heavy atom. The molecule has 9 unspecified atom stereocenters. The van der Waals surface area contributed by atoms with E-state index in [4.69, 9.17) is 33.2 Å². The highest BCUT2D eigenvalue weighted by Crippen LogP contribution is 2.48. The van der Waals surface area contributed by atoms with Crippen LogP contribution in [0.4, 0.5) is 0 Å². The summed E-state index contributed by atoms with van der Waals surface area (Å²) in [6.07, 6.45) is 1.59. The summed E-state index contributed by atoms with van der Waals surface area (Å²) in [6, 6.07) is 0. The van der Waals surface area contributed by atoms with Gasteiger partial charge >= 0.3 is 0 Å². The van der Waals surface area contributed by atoms with Gasteiger partial charge in [-0.05, 0) is 59.9 Å². The molecule has 0 N–H and O–H groups in total. The fourth-order valence-corrected chi connectivity index (χ4v) is 8.64. The summed E-state index contributed by atoms with van der Waals surface area (Å²) >= 11 is 0. The Morgan fingerprint density at radius 3 is 1.47 bits per heavy atom. The highest BCUT2D eigenvalue weighted by atomic mass is 16.8. The quantitative estimate of drug-likeness (QED) is 0.228. The summed E-state index contributed by atoms with van der Waals surface area (Å²) in [5, 5.41) is 0. The van der Waals surface area contributed by atoms with Crippen LogP contribution >= 0.6 is 0 Å². The van der Waals surface area contributed by atoms with E-state index in [1.54, 1.807) is 0 Å². The molecule has 7 nitrogen and oxygen atoms in total. The van der Waals surface area contributed by atoms with Crippen molar-refractivity contribution in [2.45, 2.75) is 153 Å². The van der Waals surface area contributed by atoms with E-state index in [1.807, 2.05) is 0 Å². The van der Waals surface area contributed by atoms with E-state index in [2.05, 4.69) is 108 Å². The highest BCUT2D eigenvalue weighted by molar-refractivity contribution is 6.28. The fraction of sp³-hybridized carbons (Fsp3) is 1.00. The van der Waals surface area contributed by atoms with Gasteiger partial charge in [0.25, 0.3) is 0 Å². The zero-order chi connectivity index (χ0) is 33.3. The molecule has 4 heterocycles. The molecular formula is C26H58B12O7. The predicted molar refractivity (Wildman–Crippen MR) is 216 cm³/mol. The molecule has 0 bridgehead atoms. The molecule has 19 heteroatoms. The van der Waals surface area contributed by atoms with Crippen LogP contribution < -0.4 is 0 Å². The molecule has 0 aromatic rings. The molecule has 4 rings (SSSR count). The number of hydrogen-bond acceptors (Lipinski definition) is 7. The Labute approximate surface area is 285 Å². The van der Waals surface area contributed by atoms with Gasteiger partial charge in [-0.3, -0.25) is 0 Å². The standard InChI is InChI=1S/C26H58B12O7/c1-3-8-13(30)18(35)21(38)24(41-8)44-23-20(37)15(32)10(5-28)43-26(23)45-22-19(36)14(31)9(4-27)42-25(22)39-6-11-16(33)17(34)12(29)7(2)40-11/h7-26H,3-6,27-38H2,1-2H3/t7?,8?,9?,10?,11?,12-,13+,14+,15+,16+,17?,18?,19?,20?,21+,22+,23+,24+,25-,26+/m0/s1. The zero-order valence-corrected chi connectivity index (χ0v) is 31.2. The number of ether oxygens (including phenoxy) is 7. The van der Waals surface area contributed by atoms with Crippen LogP contribution in [0.15, 0.2) is 0 Å². The van der Waals surface area contributed by atoms with Gasteiger partial charge in [0, 0.05) is 12.2 Å². The summed E-state index contributed by atoms with van der Waals surface area (Å²) in [5.41, 5.74) is 0. The molecular weight excluding hydrogens is 554 g/mol. The Morgan fingerprint density at radius 2 is 0.911 bits per heavy atom. The summed E-state index contributed by atoms with van der Waals surface area (Å²) in [4.78, 5) is 0. The largest absolute Gasteiger partial charge is 0.374 e. The van der Waals surface area contributed by atoms with E-state index in [9.17, 15) is 0 Å². The van der Waals surface area contributed by atoms with Gasteiger partial charge in [0.2, 0.25) is 0 Å². The molecule has 4 aliphatic rings. The molecule has 0 radical (unpaired) electrons. The van der Waals surface area contributed by atoms with E-state index in [-0.39, 0.29) is 66.5 Å². The molecule has 0 aromatic heterocycles. The first-order chi connectivity index (χ1) is 21.2. The maximum absolute atomic E-state index is 7.09. The number of hydrogen-bond donors (Lipinski definition) is 0. The van der Waals surface area contributed by atoms with Crippen LogP contribution in [-0.4, -0.2) is 162 Å². The van der Waals surface area contributed by atoms with Gasteiger partial charge in [0.1, 0.15) is 106 Å². The predicted octanol–water partition coefficient (Wildman–Crippen LogP) is -6.54. The monoisotopic (exact) mass is 615 g/mol. The second-order valence-electron chi connectivity index (χ2n) is 15.9. The van der Waals surface area contributed by atoms with Crippen molar-refractivity contribution in [2.75, 3.05) is 6.61 Å². The molecule has 0 spiro atoms. The van der Waals surface area contributed by atoms with Gasteiger partial charge in [-0.2, -0.15) is 0 Å². The lowest BCUT2D eigenvalue weighted by molar-refractivity contribution is -0.335. The maximum atomic E-state index is 7.09. The van der Waals surface area contributed by atoms with Crippen molar-refractivity contribution in [3.8, 4) is 0 Å². The summed E-state index contributed by atoms with van der Waals surface area (Å²) in [7, 11) is 27.4. The summed E-state index contributed by atoms with van der Waals surface area (Å²) in [5.74, 6) is 3.87. The average molecular weight is 612 g/mol. The third-order valence-corrected chi connectivity index (χ3v) is 13.6. The molecule has 0 amide bonds. The van der Waals surface area contributed by atoms with Crippen molar-refractivity contribution in [3.63, 3.8) is 0 Å². The lowest BCUT2D eigenvalue weighted by Gasteiger charge is -2.52. The minimum atomic E-state index is -0.537. The lowest BCUT2D eigenvalue weighted by atomic mass is 9.52. The van der Waals surface area contributed by atoms with E-state index in [1.165, 1.54) is 0 Å². The lowest BCUT2D eigenvalue weighted by Crippen LogP contribution is -2.56. The van der Waals surface area contributed by atoms with E-state index in [0.29, 0.717) is 47.3 Å². The molecule has 45 heavy (non-hydrogen) atoms. The zero-order valence-electron chi connectivity index (χ0n) is 31.2. The van der Waals surface area contributed by atoms with Crippen molar-refractivity contribution in [2.24, 2.45) is 0 Å². The van der Waals surface area contributed by atoms with Crippen LogP contribution in [0.1, 0.15) is 20.3 Å². The Kier molecular flexibility index (Phi) is 14.0. The first kappa shape index (κ1) is 38.3. The van der Waals surface area contributed by atoms with Crippen LogP contribution in [-0.2, 0) is 33.2 Å². The van der Waals surface area contributed by atoms with Crippen LogP contribution in [0.5, 0.6) is 0 Å². The normalized spacial score (nSPS) is 52.7. The fourth-order valence-electron chi connectivity index (χ4n) is 8.64. The first-order valence-electron chi connectivity index (χ1n) is 18.8. The first-order valence-corrected chi connectivity index (χ1v) is 18.8. The van der Waals surface area contributed by atoms with Crippen LogP contribution in [0.25, 0.3) is 0 Å². The van der Waals surface area contributed by atoms with Crippen molar-refractivity contribution >= 4 is 94.2 Å². The summed E-state index contributed by atoms with van der Waals surface area (Å²) in [6.45, 7) is 4.89. The van der Waals surface area contributed by atoms with E-state index in [0.717, 1.165) is 19.1 Å². The SMILES string of the molecule is BCC1O[C@H](O[C@@H]2C(B)[C@H](B)C(CB)O[C@@H]2OCC2OC(C)[C@H](B)C(B)[C@@H]2B)[C@H](O[C@H]2OC(CC)[C@@H](B)C(B)[C@H]2B)C(B)[C@@H]1B. The molecule has 0 aromatic carbocycles. The highest BCUT2D eigenvalue weighted by Gasteiger charge is 2.50. The van der Waals surface area contributed by atoms with Gasteiger partial charge in [0.15, 0.2) is 18.9 Å².